The number of aryl methyl sites for hydroxylation is 4. The summed E-state index contributed by atoms with van der Waals surface area (Å²) < 4.78 is 42.0. The first kappa shape index (κ1) is 52.7. The summed E-state index contributed by atoms with van der Waals surface area (Å²) >= 11 is 0. The lowest BCUT2D eigenvalue weighted by atomic mass is 10.1. The molecular weight excluding hydrogens is 1080 g/mol. The maximum absolute atomic E-state index is 7.76. The molecule has 4 aliphatic heterocycles. The zero-order valence-electron chi connectivity index (χ0n) is 54.6. The van der Waals surface area contributed by atoms with Crippen LogP contribution in [0.3, 0.4) is 0 Å². The Labute approximate surface area is 514 Å². The minimum atomic E-state index is -2.26. The number of furan rings is 3. The number of rotatable bonds is 5. The molecule has 4 aromatic heterocycles. The van der Waals surface area contributed by atoms with Crippen LogP contribution in [-0.2, 0) is 0 Å². The molecule has 4 aliphatic rings. The van der Waals surface area contributed by atoms with Crippen LogP contribution >= 0.6 is 0 Å². The summed E-state index contributed by atoms with van der Waals surface area (Å²) in [6.45, 7) is 19.2. The fraction of sp³-hybridized carbons (Fsp3) is 0.243. The molecule has 440 valence electrons. The Morgan fingerprint density at radius 2 is 0.839 bits per heavy atom. The number of para-hydroxylation sites is 6. The first-order valence-electron chi connectivity index (χ1n) is 31.5. The molecule has 13 heteroatoms. The molecule has 0 aliphatic carbocycles. The zero-order valence-corrected chi connectivity index (χ0v) is 51.6. The highest BCUT2D eigenvalue weighted by molar-refractivity contribution is 6.12. The van der Waals surface area contributed by atoms with E-state index in [1.54, 1.807) is 6.20 Å². The van der Waals surface area contributed by atoms with E-state index in [2.05, 4.69) is 231 Å². The van der Waals surface area contributed by atoms with Gasteiger partial charge in [-0.25, -0.2) is 9.97 Å². The molecule has 87 heavy (non-hydrogen) atoms. The summed E-state index contributed by atoms with van der Waals surface area (Å²) in [7, 11) is 4.24. The summed E-state index contributed by atoms with van der Waals surface area (Å²) in [5.74, 6) is 0.976. The van der Waals surface area contributed by atoms with Crippen LogP contribution in [0.1, 0.15) is 67.9 Å². The second-order valence-electron chi connectivity index (χ2n) is 23.5. The monoisotopic (exact) mass is 1160 g/mol. The molecule has 0 bridgehead atoms. The van der Waals surface area contributed by atoms with Gasteiger partial charge < -0.3 is 52.5 Å². The van der Waals surface area contributed by atoms with Crippen LogP contribution in [-0.4, -0.2) is 71.5 Å². The van der Waals surface area contributed by atoms with E-state index in [-0.39, 0.29) is 18.5 Å². The van der Waals surface area contributed by atoms with Crippen LogP contribution in [0.15, 0.2) is 208 Å². The number of benzene rings is 8. The molecule has 0 spiro atoms. The molecule has 16 rings (SSSR count). The van der Waals surface area contributed by atoms with Gasteiger partial charge in [0.05, 0.1) is 28.4 Å². The zero-order chi connectivity index (χ0) is 63.0. The van der Waals surface area contributed by atoms with E-state index in [0.29, 0.717) is 23.8 Å². The van der Waals surface area contributed by atoms with Gasteiger partial charge in [0.2, 0.25) is 0 Å². The molecule has 0 saturated carbocycles. The summed E-state index contributed by atoms with van der Waals surface area (Å²) in [4.78, 5) is 25.7. The Hall–Kier alpha value is -9.88. The maximum Gasteiger partial charge on any atom is 0.178 e. The lowest BCUT2D eigenvalue weighted by Gasteiger charge is -2.33. The molecule has 0 radical (unpaired) electrons. The Balaban J connectivity index is 0.000000110. The van der Waals surface area contributed by atoms with Crippen molar-refractivity contribution in [3.8, 4) is 0 Å². The second kappa shape index (κ2) is 22.5. The van der Waals surface area contributed by atoms with Gasteiger partial charge in [0, 0.05) is 106 Å². The van der Waals surface area contributed by atoms with E-state index in [4.69, 9.17) is 17.4 Å². The molecule has 0 fully saturated rings. The van der Waals surface area contributed by atoms with Gasteiger partial charge in [-0.3, -0.25) is 0 Å². The van der Waals surface area contributed by atoms with E-state index >= 15 is 0 Å². The number of hydrogen-bond acceptors (Lipinski definition) is 13. The Morgan fingerprint density at radius 3 is 1.33 bits per heavy atom. The molecular formula is C74H76N10O3. The molecule has 4 atom stereocenters. The number of aromatic nitrogens is 2. The summed E-state index contributed by atoms with van der Waals surface area (Å²) in [5, 5.41) is 7.08. The van der Waals surface area contributed by atoms with Crippen molar-refractivity contribution in [1.29, 1.82) is 0 Å². The van der Waals surface area contributed by atoms with Crippen molar-refractivity contribution in [2.75, 3.05) is 50.5 Å². The first-order chi connectivity index (χ1) is 43.3. The van der Waals surface area contributed by atoms with E-state index in [0.717, 1.165) is 56.1 Å². The van der Waals surface area contributed by atoms with Gasteiger partial charge in [-0.15, -0.1) is 0 Å². The Kier molecular flexibility index (Phi) is 13.6. The van der Waals surface area contributed by atoms with Crippen molar-refractivity contribution >= 4 is 112 Å². The number of anilines is 8. The lowest BCUT2D eigenvalue weighted by molar-refractivity contribution is 0.263. The predicted octanol–water partition coefficient (Wildman–Crippen LogP) is 18.3. The van der Waals surface area contributed by atoms with E-state index in [1.165, 1.54) is 77.2 Å². The van der Waals surface area contributed by atoms with Crippen molar-refractivity contribution in [2.24, 2.45) is 0 Å². The van der Waals surface area contributed by atoms with E-state index in [1.807, 2.05) is 79.4 Å². The first-order valence-corrected chi connectivity index (χ1v) is 30.0. The summed E-state index contributed by atoms with van der Waals surface area (Å²) in [6.07, 6.45) is 12.1. The third kappa shape index (κ3) is 9.56. The average molecular weight is 1160 g/mol. The molecule has 13 nitrogen and oxygen atoms in total. The van der Waals surface area contributed by atoms with Gasteiger partial charge in [-0.05, 0) is 128 Å². The highest BCUT2D eigenvalue weighted by atomic mass is 16.3. The topological polar surface area (TPSA) is 91.1 Å². The maximum atomic E-state index is 7.76. The fourth-order valence-electron chi connectivity index (χ4n) is 13.0. The third-order valence-electron chi connectivity index (χ3n) is 17.9. The van der Waals surface area contributed by atoms with Crippen LogP contribution in [0, 0.1) is 27.7 Å². The molecule has 4 unspecified atom stereocenters. The lowest BCUT2D eigenvalue weighted by Crippen LogP contribution is -2.39. The molecule has 0 N–H and O–H groups in total. The highest BCUT2D eigenvalue weighted by Crippen LogP contribution is 2.49. The van der Waals surface area contributed by atoms with Crippen LogP contribution in [0.25, 0.3) is 65.8 Å². The van der Waals surface area contributed by atoms with Crippen LogP contribution in [0.4, 0.5) is 45.8 Å². The van der Waals surface area contributed by atoms with Gasteiger partial charge in [-0.2, -0.15) is 0 Å². The smallest absolute Gasteiger partial charge is 0.178 e. The van der Waals surface area contributed by atoms with Crippen molar-refractivity contribution in [1.82, 2.24) is 19.8 Å². The number of fused-ring (bicyclic) bond motifs is 11. The van der Waals surface area contributed by atoms with Gasteiger partial charge in [0.1, 0.15) is 41.4 Å². The van der Waals surface area contributed by atoms with E-state index < -0.39 is 6.98 Å². The van der Waals surface area contributed by atoms with Gasteiger partial charge >= 0.3 is 0 Å². The standard InChI is InChI=1S/C22H20N2O.C20H22N2O.C18H18N2O.C14H16N4/c1-14-12-13-17-16-8-4-7-11-20(16)25-22(17)21(14)24-15(2)23(3)18-9-5-6-10-19(18)24;1-13(2)21-11-12-22(15(21)4)19-14(3)9-10-17-16-7-5-6-8-18(16)23-20(17)19;1-12-8-9-15-14-6-4-5-7-16(14)21-18(15)17(12)20-11-10-19(3)13(20)2;1-10-6-4-5-7-12(10)18-11(2)17(3)13-14(18)16-9-8-15-13/h4-13,15H,1-3H3;5-13,15H,1-4H3;4-11,13H,1-3H3;4-9,11H,1-3H3/i;;;3D3. The Morgan fingerprint density at radius 1 is 0.402 bits per heavy atom. The van der Waals surface area contributed by atoms with Gasteiger partial charge in [-0.1, -0.05) is 121 Å². The minimum absolute atomic E-state index is 0.231. The van der Waals surface area contributed by atoms with Crippen molar-refractivity contribution < 1.29 is 17.4 Å². The van der Waals surface area contributed by atoms with Crippen LogP contribution in [0.5, 0.6) is 0 Å². The van der Waals surface area contributed by atoms with E-state index in [9.17, 15) is 0 Å². The van der Waals surface area contributed by atoms with Crippen molar-refractivity contribution in [3.63, 3.8) is 0 Å². The number of hydrogen-bond donors (Lipinski definition) is 0. The Bertz CT molecular complexity index is 4740. The molecule has 8 aromatic carbocycles. The number of nitrogens with zero attached hydrogens (tertiary/aromatic N) is 10. The fourth-order valence-corrected chi connectivity index (χ4v) is 13.0. The van der Waals surface area contributed by atoms with Gasteiger partial charge in [0.25, 0.3) is 0 Å². The van der Waals surface area contributed by atoms with Crippen LogP contribution in [0.2, 0.25) is 0 Å². The quantitative estimate of drug-likeness (QED) is 0.164. The second-order valence-corrected chi connectivity index (χ2v) is 23.5. The molecule has 12 aromatic rings. The van der Waals surface area contributed by atoms with Gasteiger partial charge in [0.15, 0.2) is 28.4 Å². The molecule has 0 saturated heterocycles. The average Bonchev–Trinajstić information content (AvgIpc) is 1.61. The van der Waals surface area contributed by atoms with Crippen LogP contribution < -0.4 is 29.4 Å². The minimum Gasteiger partial charge on any atom is -0.454 e. The molecule has 8 heterocycles. The normalized spacial score (nSPS) is 18.4. The summed E-state index contributed by atoms with van der Waals surface area (Å²) in [6, 6.07) is 54.7. The van der Waals surface area contributed by atoms with Crippen molar-refractivity contribution in [2.45, 2.75) is 99.9 Å². The summed E-state index contributed by atoms with van der Waals surface area (Å²) in [5.41, 5.74) is 17.4. The van der Waals surface area contributed by atoms with Crippen molar-refractivity contribution in [3.05, 3.63) is 217 Å². The SMILES string of the molecule is Cc1ccc2c(oc3ccccc32)c1N1C=CN(C(C)C)C1C.Cc1ccc2c(oc3ccccc32)c1N1C=CN(C)C1C.Cc1ccc2c(oc3ccccc32)c1N1c2ccccc2N(C)C1C.[2H]C([2H])([2H])N1c2nccnc2N(c2ccccc2C)C1C. The predicted molar refractivity (Wildman–Crippen MR) is 362 cm³/mol. The molecule has 0 amide bonds. The largest absolute Gasteiger partial charge is 0.454 e. The third-order valence-corrected chi connectivity index (χ3v) is 17.9. The highest BCUT2D eigenvalue weighted by Gasteiger charge is 2.36.